The molecule has 1 N–H and O–H groups in total. The molecule has 1 atom stereocenters. The SMILES string of the molecule is CCCNC(CSC(C)(C)C)Cc1cc(C)ccc1C. The summed E-state index contributed by atoms with van der Waals surface area (Å²) < 4.78 is 0.341. The van der Waals surface area contributed by atoms with Crippen molar-refractivity contribution in [2.75, 3.05) is 12.3 Å². The van der Waals surface area contributed by atoms with Crippen molar-refractivity contribution in [2.24, 2.45) is 0 Å². The largest absolute Gasteiger partial charge is 0.313 e. The molecule has 0 fully saturated rings. The van der Waals surface area contributed by atoms with Crippen molar-refractivity contribution < 1.29 is 0 Å². The van der Waals surface area contributed by atoms with Crippen molar-refractivity contribution in [2.45, 2.75) is 65.2 Å². The Morgan fingerprint density at radius 3 is 2.50 bits per heavy atom. The Morgan fingerprint density at radius 1 is 1.20 bits per heavy atom. The maximum absolute atomic E-state index is 3.72. The molecule has 0 spiro atoms. The van der Waals surface area contributed by atoms with E-state index < -0.39 is 0 Å². The number of hydrogen-bond donors (Lipinski definition) is 1. The van der Waals surface area contributed by atoms with E-state index in [0.29, 0.717) is 10.8 Å². The zero-order valence-corrected chi connectivity index (χ0v) is 14.9. The van der Waals surface area contributed by atoms with Crippen molar-refractivity contribution >= 4 is 11.8 Å². The molecule has 0 saturated heterocycles. The summed E-state index contributed by atoms with van der Waals surface area (Å²) in [6, 6.07) is 7.37. The monoisotopic (exact) mass is 293 g/mol. The predicted octanol–water partition coefficient (Wildman–Crippen LogP) is 4.75. The Bertz CT molecular complexity index is 406. The van der Waals surface area contributed by atoms with Crippen molar-refractivity contribution in [3.05, 3.63) is 34.9 Å². The van der Waals surface area contributed by atoms with Gasteiger partial charge in [0.05, 0.1) is 0 Å². The van der Waals surface area contributed by atoms with Gasteiger partial charge in [-0.1, -0.05) is 51.5 Å². The number of rotatable bonds is 7. The summed E-state index contributed by atoms with van der Waals surface area (Å²) >= 11 is 2.06. The third-order valence-corrected chi connectivity index (χ3v) is 4.81. The first-order valence-electron chi connectivity index (χ1n) is 7.75. The van der Waals surface area contributed by atoms with Gasteiger partial charge in [0.2, 0.25) is 0 Å². The first kappa shape index (κ1) is 17.6. The normalized spacial score (nSPS) is 13.5. The third-order valence-electron chi connectivity index (χ3n) is 3.37. The number of hydrogen-bond acceptors (Lipinski definition) is 2. The van der Waals surface area contributed by atoms with Crippen molar-refractivity contribution in [3.63, 3.8) is 0 Å². The second-order valence-corrected chi connectivity index (χ2v) is 8.56. The molecule has 0 aromatic heterocycles. The molecule has 2 heteroatoms. The second kappa shape index (κ2) is 8.09. The van der Waals surface area contributed by atoms with Gasteiger partial charge in [-0.05, 0) is 44.4 Å². The summed E-state index contributed by atoms with van der Waals surface area (Å²) in [5, 5.41) is 3.72. The fraction of sp³-hybridized carbons (Fsp3) is 0.667. The standard InChI is InChI=1S/C18H31NS/c1-7-10-19-17(13-20-18(4,5)6)12-16-11-14(2)8-9-15(16)3/h8-9,11,17,19H,7,10,12-13H2,1-6H3. The highest BCUT2D eigenvalue weighted by Gasteiger charge is 2.16. The van der Waals surface area contributed by atoms with Crippen LogP contribution in [0.3, 0.4) is 0 Å². The molecule has 0 saturated carbocycles. The average Bonchev–Trinajstić information content (AvgIpc) is 2.36. The summed E-state index contributed by atoms with van der Waals surface area (Å²) in [4.78, 5) is 0. The van der Waals surface area contributed by atoms with Gasteiger partial charge in [-0.2, -0.15) is 11.8 Å². The van der Waals surface area contributed by atoms with Crippen LogP contribution < -0.4 is 5.32 Å². The summed E-state index contributed by atoms with van der Waals surface area (Å²) in [5.41, 5.74) is 4.27. The van der Waals surface area contributed by atoms with Gasteiger partial charge in [-0.15, -0.1) is 0 Å². The zero-order valence-electron chi connectivity index (χ0n) is 14.0. The molecule has 0 bridgehead atoms. The number of aryl methyl sites for hydroxylation is 2. The molecule has 0 amide bonds. The summed E-state index contributed by atoms with van der Waals surface area (Å²) in [6.45, 7) is 14.6. The molecular formula is C18H31NS. The minimum absolute atomic E-state index is 0.341. The Balaban J connectivity index is 2.70. The molecule has 1 aromatic carbocycles. The van der Waals surface area contributed by atoms with Gasteiger partial charge in [0, 0.05) is 16.5 Å². The molecule has 1 unspecified atom stereocenters. The quantitative estimate of drug-likeness (QED) is 0.779. The van der Waals surface area contributed by atoms with E-state index in [-0.39, 0.29) is 0 Å². The van der Waals surface area contributed by atoms with Crippen molar-refractivity contribution in [1.29, 1.82) is 0 Å². The van der Waals surface area contributed by atoms with Gasteiger partial charge in [0.1, 0.15) is 0 Å². The van der Waals surface area contributed by atoms with Crippen LogP contribution in [0, 0.1) is 13.8 Å². The van der Waals surface area contributed by atoms with Crippen LogP contribution in [0.15, 0.2) is 18.2 Å². The summed E-state index contributed by atoms with van der Waals surface area (Å²) in [6.07, 6.45) is 2.33. The van der Waals surface area contributed by atoms with E-state index in [1.54, 1.807) is 0 Å². The minimum atomic E-state index is 0.341. The number of nitrogens with one attached hydrogen (secondary N) is 1. The van der Waals surface area contributed by atoms with Gasteiger partial charge >= 0.3 is 0 Å². The highest BCUT2D eigenvalue weighted by atomic mass is 32.2. The van der Waals surface area contributed by atoms with E-state index >= 15 is 0 Å². The fourth-order valence-electron chi connectivity index (χ4n) is 2.17. The Labute approximate surface area is 129 Å². The summed E-state index contributed by atoms with van der Waals surface area (Å²) in [7, 11) is 0. The summed E-state index contributed by atoms with van der Waals surface area (Å²) in [5.74, 6) is 1.18. The fourth-order valence-corrected chi connectivity index (χ4v) is 3.11. The van der Waals surface area contributed by atoms with Crippen LogP contribution in [0.4, 0.5) is 0 Å². The highest BCUT2D eigenvalue weighted by Crippen LogP contribution is 2.25. The highest BCUT2D eigenvalue weighted by molar-refractivity contribution is 8.00. The molecule has 0 heterocycles. The number of benzene rings is 1. The lowest BCUT2D eigenvalue weighted by Gasteiger charge is -2.24. The van der Waals surface area contributed by atoms with E-state index in [2.05, 4.69) is 76.8 Å². The topological polar surface area (TPSA) is 12.0 Å². The van der Waals surface area contributed by atoms with E-state index in [4.69, 9.17) is 0 Å². The first-order chi connectivity index (χ1) is 9.31. The zero-order chi connectivity index (χ0) is 15.2. The van der Waals surface area contributed by atoms with Gasteiger partial charge in [0.25, 0.3) is 0 Å². The molecular weight excluding hydrogens is 262 g/mol. The second-order valence-electron chi connectivity index (χ2n) is 6.71. The van der Waals surface area contributed by atoms with Crippen LogP contribution in [0.2, 0.25) is 0 Å². The van der Waals surface area contributed by atoms with Crippen molar-refractivity contribution in [1.82, 2.24) is 5.32 Å². The van der Waals surface area contributed by atoms with E-state index in [1.807, 2.05) is 0 Å². The van der Waals surface area contributed by atoms with Crippen molar-refractivity contribution in [3.8, 4) is 0 Å². The lowest BCUT2D eigenvalue weighted by atomic mass is 9.99. The van der Waals surface area contributed by atoms with Gasteiger partial charge in [-0.25, -0.2) is 0 Å². The first-order valence-corrected chi connectivity index (χ1v) is 8.74. The van der Waals surface area contributed by atoms with Crippen LogP contribution in [0.25, 0.3) is 0 Å². The van der Waals surface area contributed by atoms with Gasteiger partial charge in [-0.3, -0.25) is 0 Å². The number of thioether (sulfide) groups is 1. The Kier molecular flexibility index (Phi) is 7.11. The smallest absolute Gasteiger partial charge is 0.0198 e. The van der Waals surface area contributed by atoms with Crippen LogP contribution in [0.1, 0.15) is 50.8 Å². The molecule has 1 nitrogen and oxygen atoms in total. The van der Waals surface area contributed by atoms with Gasteiger partial charge in [0.15, 0.2) is 0 Å². The van der Waals surface area contributed by atoms with E-state index in [9.17, 15) is 0 Å². The van der Waals surface area contributed by atoms with Crippen LogP contribution in [0.5, 0.6) is 0 Å². The minimum Gasteiger partial charge on any atom is -0.313 e. The molecule has 1 aromatic rings. The molecule has 20 heavy (non-hydrogen) atoms. The van der Waals surface area contributed by atoms with Crippen LogP contribution in [-0.2, 0) is 6.42 Å². The maximum atomic E-state index is 3.72. The Hall–Kier alpha value is -0.470. The maximum Gasteiger partial charge on any atom is 0.0198 e. The van der Waals surface area contributed by atoms with E-state index in [1.165, 1.54) is 28.9 Å². The molecule has 114 valence electrons. The third kappa shape index (κ3) is 6.81. The predicted molar refractivity (Wildman–Crippen MR) is 93.9 cm³/mol. The Morgan fingerprint density at radius 2 is 1.90 bits per heavy atom. The molecule has 0 aliphatic carbocycles. The van der Waals surface area contributed by atoms with Crippen LogP contribution >= 0.6 is 11.8 Å². The van der Waals surface area contributed by atoms with E-state index in [0.717, 1.165) is 13.0 Å². The molecule has 0 aliphatic rings. The van der Waals surface area contributed by atoms with Gasteiger partial charge < -0.3 is 5.32 Å². The lowest BCUT2D eigenvalue weighted by molar-refractivity contribution is 0.547. The lowest BCUT2D eigenvalue weighted by Crippen LogP contribution is -2.35. The molecule has 0 radical (unpaired) electrons. The molecule has 1 rings (SSSR count). The van der Waals surface area contributed by atoms with Crippen LogP contribution in [-0.4, -0.2) is 23.1 Å². The molecule has 0 aliphatic heterocycles. The average molecular weight is 294 g/mol.